The summed E-state index contributed by atoms with van der Waals surface area (Å²) in [6.07, 6.45) is 1.18. The molecule has 0 aromatic heterocycles. The second-order valence-electron chi connectivity index (χ2n) is 6.71. The lowest BCUT2D eigenvalue weighted by molar-refractivity contribution is -0.384. The first-order valence-electron chi connectivity index (χ1n) is 8.19. The van der Waals surface area contributed by atoms with Crippen LogP contribution < -0.4 is 10.1 Å². The van der Waals surface area contributed by atoms with Gasteiger partial charge in [-0.25, -0.2) is 0 Å². The van der Waals surface area contributed by atoms with Gasteiger partial charge in [-0.2, -0.15) is 0 Å². The molecule has 2 rings (SSSR count). The number of carbonyl (C=O) groups excluding carboxylic acids is 1. The molecule has 1 aromatic rings. The topological polar surface area (TPSA) is 84.7 Å². The number of methoxy groups -OCH3 is 1. The number of hydrogen-bond donors (Lipinski definition) is 1. The summed E-state index contributed by atoms with van der Waals surface area (Å²) in [6, 6.07) is 3.90. The number of nitro benzene ring substituents is 1. The summed E-state index contributed by atoms with van der Waals surface area (Å²) < 4.78 is 5.16. The Labute approximate surface area is 142 Å². The van der Waals surface area contributed by atoms with Gasteiger partial charge in [0.25, 0.3) is 5.69 Å². The van der Waals surface area contributed by atoms with E-state index < -0.39 is 4.92 Å². The number of non-ortho nitro benzene ring substituents is 1. The molecule has 1 aromatic carbocycles. The fourth-order valence-corrected chi connectivity index (χ4v) is 3.33. The highest BCUT2D eigenvalue weighted by Crippen LogP contribution is 2.29. The van der Waals surface area contributed by atoms with Gasteiger partial charge < -0.3 is 10.1 Å². The highest BCUT2D eigenvalue weighted by Gasteiger charge is 2.29. The van der Waals surface area contributed by atoms with Crippen molar-refractivity contribution in [3.05, 3.63) is 28.3 Å². The molecule has 1 saturated heterocycles. The second-order valence-corrected chi connectivity index (χ2v) is 6.71. The quantitative estimate of drug-likeness (QED) is 0.660. The van der Waals surface area contributed by atoms with Crippen LogP contribution in [-0.4, -0.2) is 42.0 Å². The molecule has 0 saturated carbocycles. The van der Waals surface area contributed by atoms with Gasteiger partial charge in [-0.1, -0.05) is 13.8 Å². The lowest BCUT2D eigenvalue weighted by Gasteiger charge is -2.38. The minimum Gasteiger partial charge on any atom is -0.494 e. The molecule has 0 aliphatic carbocycles. The van der Waals surface area contributed by atoms with Crippen molar-refractivity contribution in [1.29, 1.82) is 0 Å². The zero-order valence-corrected chi connectivity index (χ0v) is 14.6. The first-order chi connectivity index (χ1) is 11.3. The number of amides is 1. The van der Waals surface area contributed by atoms with E-state index in [1.54, 1.807) is 0 Å². The van der Waals surface area contributed by atoms with Crippen LogP contribution in [0.3, 0.4) is 0 Å². The van der Waals surface area contributed by atoms with E-state index in [0.717, 1.165) is 13.1 Å². The maximum atomic E-state index is 12.6. The molecule has 1 amide bonds. The molecule has 24 heavy (non-hydrogen) atoms. The van der Waals surface area contributed by atoms with Crippen LogP contribution in [0.25, 0.3) is 0 Å². The van der Waals surface area contributed by atoms with E-state index in [9.17, 15) is 14.9 Å². The van der Waals surface area contributed by atoms with Gasteiger partial charge in [0.15, 0.2) is 0 Å². The molecule has 0 spiro atoms. The van der Waals surface area contributed by atoms with Gasteiger partial charge in [-0.3, -0.25) is 19.8 Å². The number of rotatable bonds is 5. The molecule has 1 heterocycles. The minimum atomic E-state index is -0.493. The van der Waals surface area contributed by atoms with Crippen LogP contribution in [0, 0.1) is 22.0 Å². The van der Waals surface area contributed by atoms with Crippen LogP contribution in [0.2, 0.25) is 0 Å². The Morgan fingerprint density at radius 3 is 2.54 bits per heavy atom. The van der Waals surface area contributed by atoms with E-state index in [1.165, 1.54) is 31.7 Å². The molecule has 0 bridgehead atoms. The SMILES string of the molecule is COc1cc([N+](=O)[O-])ccc1NC(=O)[C@H](C)N1C[C@H](C)C[C@@H](C)C1. The average molecular weight is 335 g/mol. The van der Waals surface area contributed by atoms with Gasteiger partial charge in [-0.15, -0.1) is 0 Å². The van der Waals surface area contributed by atoms with Crippen molar-refractivity contribution >= 4 is 17.3 Å². The Hall–Kier alpha value is -2.15. The molecule has 7 heteroatoms. The molecular formula is C17H25N3O4. The van der Waals surface area contributed by atoms with E-state index in [-0.39, 0.29) is 23.4 Å². The first kappa shape index (κ1) is 18.2. The number of nitrogens with one attached hydrogen (secondary N) is 1. The Morgan fingerprint density at radius 1 is 1.38 bits per heavy atom. The van der Waals surface area contributed by atoms with Gasteiger partial charge in [0.05, 0.1) is 29.8 Å². The van der Waals surface area contributed by atoms with Crippen molar-refractivity contribution in [2.75, 3.05) is 25.5 Å². The molecule has 1 aliphatic heterocycles. The number of likely N-dealkylation sites (tertiary alicyclic amines) is 1. The van der Waals surface area contributed by atoms with Crippen LogP contribution in [0.15, 0.2) is 18.2 Å². The number of piperidine rings is 1. The molecule has 1 aliphatic rings. The van der Waals surface area contributed by atoms with Crippen LogP contribution in [0.4, 0.5) is 11.4 Å². The lowest BCUT2D eigenvalue weighted by atomic mass is 9.91. The molecule has 1 fully saturated rings. The van der Waals surface area contributed by atoms with Crippen LogP contribution in [0.1, 0.15) is 27.2 Å². The summed E-state index contributed by atoms with van der Waals surface area (Å²) in [6.45, 7) is 8.09. The van der Waals surface area contributed by atoms with E-state index in [2.05, 4.69) is 24.1 Å². The Balaban J connectivity index is 2.09. The van der Waals surface area contributed by atoms with Crippen molar-refractivity contribution < 1.29 is 14.5 Å². The maximum Gasteiger partial charge on any atom is 0.273 e. The molecule has 1 N–H and O–H groups in total. The monoisotopic (exact) mass is 335 g/mol. The Bertz CT molecular complexity index is 610. The van der Waals surface area contributed by atoms with Crippen LogP contribution in [-0.2, 0) is 4.79 Å². The molecular weight excluding hydrogens is 310 g/mol. The predicted molar refractivity (Wildman–Crippen MR) is 92.3 cm³/mol. The van der Waals surface area contributed by atoms with Gasteiger partial charge in [-0.05, 0) is 31.2 Å². The summed E-state index contributed by atoms with van der Waals surface area (Å²) in [7, 11) is 1.42. The highest BCUT2D eigenvalue weighted by atomic mass is 16.6. The van der Waals surface area contributed by atoms with E-state index >= 15 is 0 Å². The third-order valence-corrected chi connectivity index (χ3v) is 4.48. The number of nitro groups is 1. The summed E-state index contributed by atoms with van der Waals surface area (Å²) in [4.78, 5) is 25.1. The molecule has 132 valence electrons. The number of benzene rings is 1. The second kappa shape index (κ2) is 7.61. The highest BCUT2D eigenvalue weighted by molar-refractivity contribution is 5.96. The molecule has 0 unspecified atom stereocenters. The maximum absolute atomic E-state index is 12.6. The van der Waals surface area contributed by atoms with Crippen LogP contribution in [0.5, 0.6) is 5.75 Å². The van der Waals surface area contributed by atoms with Crippen molar-refractivity contribution in [3.63, 3.8) is 0 Å². The third-order valence-electron chi connectivity index (χ3n) is 4.48. The van der Waals surface area contributed by atoms with Crippen LogP contribution >= 0.6 is 0 Å². The minimum absolute atomic E-state index is 0.0726. The molecule has 7 nitrogen and oxygen atoms in total. The van der Waals surface area contributed by atoms with Gasteiger partial charge in [0, 0.05) is 19.2 Å². The number of carbonyl (C=O) groups is 1. The Morgan fingerprint density at radius 2 is 2.00 bits per heavy atom. The normalized spacial score (nSPS) is 22.7. The van der Waals surface area contributed by atoms with Gasteiger partial charge in [0.1, 0.15) is 5.75 Å². The van der Waals surface area contributed by atoms with Crippen molar-refractivity contribution in [1.82, 2.24) is 4.90 Å². The zero-order valence-electron chi connectivity index (χ0n) is 14.6. The summed E-state index contributed by atoms with van der Waals surface area (Å²) in [5, 5.41) is 13.7. The average Bonchev–Trinajstić information content (AvgIpc) is 2.53. The van der Waals surface area contributed by atoms with Gasteiger partial charge in [0.2, 0.25) is 5.91 Å². The third kappa shape index (κ3) is 4.23. The Kier molecular flexibility index (Phi) is 5.77. The smallest absolute Gasteiger partial charge is 0.273 e. The van der Waals surface area contributed by atoms with Gasteiger partial charge >= 0.3 is 0 Å². The van der Waals surface area contributed by atoms with Crippen molar-refractivity contribution in [2.24, 2.45) is 11.8 Å². The standard InChI is InChI=1S/C17H25N3O4/c1-11-7-12(2)10-19(9-11)13(3)17(21)18-15-6-5-14(20(22)23)8-16(15)24-4/h5-6,8,11-13H,7,9-10H2,1-4H3,(H,18,21)/t11-,12-,13+/m1/s1. The zero-order chi connectivity index (χ0) is 17.9. The first-order valence-corrected chi connectivity index (χ1v) is 8.19. The lowest BCUT2D eigenvalue weighted by Crippen LogP contribution is -2.48. The summed E-state index contributed by atoms with van der Waals surface area (Å²) >= 11 is 0. The summed E-state index contributed by atoms with van der Waals surface area (Å²) in [5.74, 6) is 1.28. The molecule has 3 atom stereocenters. The molecule has 0 radical (unpaired) electrons. The predicted octanol–water partition coefficient (Wildman–Crippen LogP) is 2.91. The number of nitrogens with zero attached hydrogens (tertiary/aromatic N) is 2. The number of ether oxygens (including phenoxy) is 1. The van der Waals surface area contributed by atoms with Crippen molar-refractivity contribution in [3.8, 4) is 5.75 Å². The van der Waals surface area contributed by atoms with E-state index in [1.807, 2.05) is 6.92 Å². The fourth-order valence-electron chi connectivity index (χ4n) is 3.33. The van der Waals surface area contributed by atoms with E-state index in [4.69, 9.17) is 4.74 Å². The summed E-state index contributed by atoms with van der Waals surface area (Å²) in [5.41, 5.74) is 0.370. The number of hydrogen-bond acceptors (Lipinski definition) is 5. The largest absolute Gasteiger partial charge is 0.494 e. The number of anilines is 1. The van der Waals surface area contributed by atoms with E-state index in [0.29, 0.717) is 17.5 Å². The van der Waals surface area contributed by atoms with Crippen molar-refractivity contribution in [2.45, 2.75) is 33.2 Å². The fraction of sp³-hybridized carbons (Fsp3) is 0.588.